The van der Waals surface area contributed by atoms with Crippen molar-refractivity contribution < 1.29 is 4.74 Å². The molecule has 94 valence electrons. The minimum absolute atomic E-state index is 0.557. The van der Waals surface area contributed by atoms with E-state index >= 15 is 0 Å². The van der Waals surface area contributed by atoms with Gasteiger partial charge in [-0.1, -0.05) is 37.7 Å². The summed E-state index contributed by atoms with van der Waals surface area (Å²) in [7, 11) is -1.18. The van der Waals surface area contributed by atoms with E-state index in [9.17, 15) is 0 Å². The van der Waals surface area contributed by atoms with Gasteiger partial charge in [-0.2, -0.15) is 0 Å². The van der Waals surface area contributed by atoms with Gasteiger partial charge >= 0.3 is 0 Å². The molecule has 0 aromatic rings. The molecule has 0 saturated heterocycles. The van der Waals surface area contributed by atoms with Gasteiger partial charge in [0.25, 0.3) is 0 Å². The smallest absolute Gasteiger partial charge is 0.129 e. The van der Waals surface area contributed by atoms with E-state index in [1.807, 2.05) is 6.92 Å². The summed E-state index contributed by atoms with van der Waals surface area (Å²) >= 11 is 0. The number of unbranched alkanes of at least 4 members (excludes halogenated alkanes) is 1. The first-order chi connectivity index (χ1) is 8.06. The maximum Gasteiger partial charge on any atom is 0.129 e. The molecule has 17 heavy (non-hydrogen) atoms. The van der Waals surface area contributed by atoms with Crippen LogP contribution in [0.1, 0.15) is 26.2 Å². The summed E-state index contributed by atoms with van der Waals surface area (Å²) in [5.74, 6) is 9.27. The minimum atomic E-state index is -1.18. The number of rotatable bonds is 5. The second kappa shape index (κ2) is 10.2. The minimum Gasteiger partial charge on any atom is -0.369 e. The Morgan fingerprint density at radius 3 is 2.47 bits per heavy atom. The molecule has 0 N–H and O–H groups in total. The van der Waals surface area contributed by atoms with Gasteiger partial charge < -0.3 is 4.74 Å². The quantitative estimate of drug-likeness (QED) is 0.312. The second-order valence-corrected chi connectivity index (χ2v) is 9.51. The first-order valence-corrected chi connectivity index (χ1v) is 9.74. The van der Waals surface area contributed by atoms with Crippen molar-refractivity contribution in [2.45, 2.75) is 45.8 Å². The molecule has 0 amide bonds. The van der Waals surface area contributed by atoms with Crippen LogP contribution in [0.3, 0.4) is 0 Å². The fourth-order valence-corrected chi connectivity index (χ4v) is 1.66. The third-order valence-electron chi connectivity index (χ3n) is 1.79. The molecule has 0 spiro atoms. The number of ether oxygens (including phenoxy) is 1. The van der Waals surface area contributed by atoms with Gasteiger partial charge in [0.1, 0.15) is 14.7 Å². The van der Waals surface area contributed by atoms with E-state index in [2.05, 4.69) is 55.1 Å². The molecule has 2 heteroatoms. The Kier molecular flexibility index (Phi) is 9.63. The van der Waals surface area contributed by atoms with Crippen molar-refractivity contribution in [3.05, 3.63) is 12.2 Å². The molecule has 0 heterocycles. The molecule has 0 fully saturated rings. The molecule has 0 unspecified atom stereocenters. The predicted octanol–water partition coefficient (Wildman–Crippen LogP) is 3.63. The lowest BCUT2D eigenvalue weighted by molar-refractivity contribution is 0.182. The van der Waals surface area contributed by atoms with Gasteiger partial charge in [0.2, 0.25) is 0 Å². The summed E-state index contributed by atoms with van der Waals surface area (Å²) in [4.78, 5) is 0. The van der Waals surface area contributed by atoms with Crippen LogP contribution in [0, 0.1) is 23.3 Å². The van der Waals surface area contributed by atoms with Crippen LogP contribution in [0.5, 0.6) is 0 Å². The molecular formula is C15H24OSi. The van der Waals surface area contributed by atoms with Crippen molar-refractivity contribution in [3.8, 4) is 23.3 Å². The summed E-state index contributed by atoms with van der Waals surface area (Å²) in [5, 5.41) is 0. The highest BCUT2D eigenvalue weighted by molar-refractivity contribution is 6.83. The Labute approximate surface area is 108 Å². The third-order valence-corrected chi connectivity index (χ3v) is 2.72. The van der Waals surface area contributed by atoms with E-state index in [0.29, 0.717) is 6.61 Å². The van der Waals surface area contributed by atoms with Gasteiger partial charge in [-0.15, -0.1) is 17.4 Å². The van der Waals surface area contributed by atoms with Crippen LogP contribution in [0.25, 0.3) is 0 Å². The average Bonchev–Trinajstić information content (AvgIpc) is 2.24. The zero-order valence-electron chi connectivity index (χ0n) is 11.6. The predicted molar refractivity (Wildman–Crippen MR) is 78.4 cm³/mol. The van der Waals surface area contributed by atoms with Crippen molar-refractivity contribution in [1.82, 2.24) is 0 Å². The SMILES string of the molecule is CCOCC#CCC/C=C/CC#C[Si](C)(C)C. The molecule has 0 atom stereocenters. The molecule has 0 bridgehead atoms. The highest BCUT2D eigenvalue weighted by Gasteiger charge is 2.06. The van der Waals surface area contributed by atoms with E-state index in [-0.39, 0.29) is 0 Å². The van der Waals surface area contributed by atoms with Crippen LogP contribution in [-0.2, 0) is 4.74 Å². The topological polar surface area (TPSA) is 9.23 Å². The largest absolute Gasteiger partial charge is 0.369 e. The van der Waals surface area contributed by atoms with Gasteiger partial charge in [0.05, 0.1) is 0 Å². The van der Waals surface area contributed by atoms with E-state index in [1.54, 1.807) is 0 Å². The molecular weight excluding hydrogens is 224 g/mol. The Balaban J connectivity index is 3.54. The van der Waals surface area contributed by atoms with E-state index in [0.717, 1.165) is 25.9 Å². The van der Waals surface area contributed by atoms with Crippen LogP contribution >= 0.6 is 0 Å². The number of allylic oxidation sites excluding steroid dienone is 2. The molecule has 0 aliphatic rings. The normalized spacial score (nSPS) is 10.6. The zero-order valence-corrected chi connectivity index (χ0v) is 12.6. The third kappa shape index (κ3) is 15.0. The Morgan fingerprint density at radius 2 is 1.82 bits per heavy atom. The molecule has 0 aromatic heterocycles. The number of hydrogen-bond acceptors (Lipinski definition) is 1. The van der Waals surface area contributed by atoms with Crippen LogP contribution in [0.15, 0.2) is 12.2 Å². The summed E-state index contributed by atoms with van der Waals surface area (Å²) in [6, 6.07) is 0. The lowest BCUT2D eigenvalue weighted by atomic mass is 10.2. The number of hydrogen-bond donors (Lipinski definition) is 0. The first-order valence-electron chi connectivity index (χ1n) is 6.24. The first kappa shape index (κ1) is 16.0. The lowest BCUT2D eigenvalue weighted by Crippen LogP contribution is -2.16. The maximum absolute atomic E-state index is 5.12. The average molecular weight is 248 g/mol. The monoisotopic (exact) mass is 248 g/mol. The summed E-state index contributed by atoms with van der Waals surface area (Å²) < 4.78 is 5.12. The Bertz CT molecular complexity index is 328. The highest BCUT2D eigenvalue weighted by atomic mass is 28.3. The van der Waals surface area contributed by atoms with Gasteiger partial charge in [-0.3, -0.25) is 0 Å². The van der Waals surface area contributed by atoms with Gasteiger partial charge in [-0.05, 0) is 13.3 Å². The molecule has 0 radical (unpaired) electrons. The molecule has 0 aliphatic carbocycles. The van der Waals surface area contributed by atoms with Crippen LogP contribution < -0.4 is 0 Å². The van der Waals surface area contributed by atoms with E-state index in [1.165, 1.54) is 0 Å². The standard InChI is InChI=1S/C15H24OSi/c1-5-16-14-12-10-8-6-7-9-11-13-15-17(2,3)4/h7,9H,5-6,8,11,14H2,1-4H3/b9-7+. The molecule has 0 aromatic carbocycles. The molecule has 1 nitrogen and oxygen atoms in total. The van der Waals surface area contributed by atoms with Crippen molar-refractivity contribution in [2.24, 2.45) is 0 Å². The lowest BCUT2D eigenvalue weighted by Gasteiger charge is -2.02. The van der Waals surface area contributed by atoms with E-state index < -0.39 is 8.07 Å². The van der Waals surface area contributed by atoms with Crippen molar-refractivity contribution in [1.29, 1.82) is 0 Å². The van der Waals surface area contributed by atoms with Gasteiger partial charge in [-0.25, -0.2) is 0 Å². The van der Waals surface area contributed by atoms with Crippen LogP contribution in [-0.4, -0.2) is 21.3 Å². The van der Waals surface area contributed by atoms with Crippen molar-refractivity contribution in [2.75, 3.05) is 13.2 Å². The van der Waals surface area contributed by atoms with Gasteiger partial charge in [0, 0.05) is 19.4 Å². The summed E-state index contributed by atoms with van der Waals surface area (Å²) in [6.45, 7) is 10.1. The van der Waals surface area contributed by atoms with Crippen LogP contribution in [0.4, 0.5) is 0 Å². The summed E-state index contributed by atoms with van der Waals surface area (Å²) in [5.41, 5.74) is 3.34. The zero-order chi connectivity index (χ0) is 13.0. The van der Waals surface area contributed by atoms with Crippen molar-refractivity contribution in [3.63, 3.8) is 0 Å². The second-order valence-electron chi connectivity index (χ2n) is 4.76. The van der Waals surface area contributed by atoms with Gasteiger partial charge in [0.15, 0.2) is 0 Å². The van der Waals surface area contributed by atoms with Crippen molar-refractivity contribution >= 4 is 8.07 Å². The fraction of sp³-hybridized carbons (Fsp3) is 0.600. The molecule has 0 aliphatic heterocycles. The Hall–Kier alpha value is -0.963. The fourth-order valence-electron chi connectivity index (χ4n) is 1.02. The van der Waals surface area contributed by atoms with Crippen LogP contribution in [0.2, 0.25) is 19.6 Å². The Morgan fingerprint density at radius 1 is 1.06 bits per heavy atom. The maximum atomic E-state index is 5.12. The highest BCUT2D eigenvalue weighted by Crippen LogP contribution is 1.97. The molecule has 0 saturated carbocycles. The summed E-state index contributed by atoms with van der Waals surface area (Å²) in [6.07, 6.45) is 7.08. The molecule has 0 rings (SSSR count). The van der Waals surface area contributed by atoms with E-state index in [4.69, 9.17) is 4.74 Å².